The lowest BCUT2D eigenvalue weighted by atomic mass is 9.95. The molecule has 2 atom stereocenters. The maximum Gasteiger partial charge on any atom is 0.308 e. The lowest BCUT2D eigenvalue weighted by Crippen LogP contribution is -2.16. The van der Waals surface area contributed by atoms with Crippen LogP contribution in [0.1, 0.15) is 38.5 Å². The smallest absolute Gasteiger partial charge is 0.308 e. The summed E-state index contributed by atoms with van der Waals surface area (Å²) < 4.78 is 4.62. The van der Waals surface area contributed by atoms with E-state index in [2.05, 4.69) is 10.8 Å². The van der Waals surface area contributed by atoms with E-state index >= 15 is 0 Å². The first-order valence-electron chi connectivity index (χ1n) is 6.75. The van der Waals surface area contributed by atoms with Crippen LogP contribution in [0.3, 0.4) is 0 Å². The van der Waals surface area contributed by atoms with Gasteiger partial charge in [-0.05, 0) is 38.5 Å². The Balaban J connectivity index is 0.000000191. The molecule has 0 aromatic heterocycles. The number of rotatable bonds is 2. The van der Waals surface area contributed by atoms with Crippen LogP contribution in [0, 0.1) is 11.8 Å². The van der Waals surface area contributed by atoms with Crippen molar-refractivity contribution in [2.24, 2.45) is 11.8 Å². The molecule has 106 valence electrons. The first kappa shape index (κ1) is 15.5. The molecule has 0 aromatic rings. The summed E-state index contributed by atoms with van der Waals surface area (Å²) in [7, 11) is 1.45. The largest absolute Gasteiger partial charge is 0.481 e. The van der Waals surface area contributed by atoms with Crippen LogP contribution in [-0.4, -0.2) is 24.2 Å². The van der Waals surface area contributed by atoms with Gasteiger partial charge in [0.2, 0.25) is 0 Å². The number of esters is 1. The fourth-order valence-electron chi connectivity index (χ4n) is 2.19. The molecule has 0 amide bonds. The fourth-order valence-corrected chi connectivity index (χ4v) is 2.19. The van der Waals surface area contributed by atoms with E-state index in [-0.39, 0.29) is 17.8 Å². The molecule has 2 rings (SSSR count). The van der Waals surface area contributed by atoms with Crippen molar-refractivity contribution < 1.29 is 19.4 Å². The van der Waals surface area contributed by atoms with Gasteiger partial charge in [0.15, 0.2) is 0 Å². The monoisotopic (exact) mass is 266 g/mol. The van der Waals surface area contributed by atoms with Crippen LogP contribution < -0.4 is 0 Å². The van der Waals surface area contributed by atoms with Crippen LogP contribution in [0.2, 0.25) is 0 Å². The van der Waals surface area contributed by atoms with E-state index in [9.17, 15) is 9.59 Å². The molecule has 2 aliphatic rings. The van der Waals surface area contributed by atoms with Crippen molar-refractivity contribution in [1.82, 2.24) is 0 Å². The summed E-state index contributed by atoms with van der Waals surface area (Å²) in [5, 5.41) is 8.50. The molecule has 0 bridgehead atoms. The molecule has 2 aliphatic carbocycles. The van der Waals surface area contributed by atoms with E-state index in [1.165, 1.54) is 7.11 Å². The van der Waals surface area contributed by atoms with E-state index in [1.807, 2.05) is 18.2 Å². The Hall–Kier alpha value is -1.58. The van der Waals surface area contributed by atoms with Crippen molar-refractivity contribution in [2.75, 3.05) is 7.11 Å². The fraction of sp³-hybridized carbons (Fsp3) is 0.600. The highest BCUT2D eigenvalue weighted by Crippen LogP contribution is 2.19. The number of carbonyl (C=O) groups excluding carboxylic acids is 1. The first-order chi connectivity index (χ1) is 9.15. The molecule has 0 spiro atoms. The van der Waals surface area contributed by atoms with Crippen LogP contribution in [0.15, 0.2) is 24.3 Å². The van der Waals surface area contributed by atoms with E-state index in [0.29, 0.717) is 0 Å². The van der Waals surface area contributed by atoms with E-state index in [4.69, 9.17) is 5.11 Å². The molecule has 0 unspecified atom stereocenters. The number of hydrogen-bond donors (Lipinski definition) is 1. The minimum absolute atomic E-state index is 0.0654. The van der Waals surface area contributed by atoms with E-state index in [0.717, 1.165) is 38.5 Å². The maximum absolute atomic E-state index is 10.9. The Morgan fingerprint density at radius 3 is 1.84 bits per heavy atom. The zero-order valence-corrected chi connectivity index (χ0v) is 11.4. The lowest BCUT2D eigenvalue weighted by Gasteiger charge is -2.13. The molecule has 0 aromatic carbocycles. The van der Waals surface area contributed by atoms with Crippen molar-refractivity contribution in [3.63, 3.8) is 0 Å². The summed E-state index contributed by atoms with van der Waals surface area (Å²) in [6.07, 6.45) is 13.4. The van der Waals surface area contributed by atoms with Gasteiger partial charge in [-0.15, -0.1) is 0 Å². The molecule has 0 radical (unpaired) electrons. The number of carboxylic acid groups (broad SMARTS) is 1. The van der Waals surface area contributed by atoms with E-state index in [1.54, 1.807) is 0 Å². The Morgan fingerprint density at radius 1 is 1.00 bits per heavy atom. The highest BCUT2D eigenvalue weighted by atomic mass is 16.5. The molecule has 0 heterocycles. The molecule has 0 aliphatic heterocycles. The molecule has 4 nitrogen and oxygen atoms in total. The predicted octanol–water partition coefficient (Wildman–Crippen LogP) is 2.94. The zero-order valence-electron chi connectivity index (χ0n) is 11.4. The number of ether oxygens (including phenoxy) is 1. The number of aliphatic carboxylic acids is 1. The Kier molecular flexibility index (Phi) is 6.93. The van der Waals surface area contributed by atoms with Gasteiger partial charge in [0.05, 0.1) is 18.9 Å². The molecule has 1 N–H and O–H groups in total. The predicted molar refractivity (Wildman–Crippen MR) is 72.6 cm³/mol. The lowest BCUT2D eigenvalue weighted by molar-refractivity contribution is -0.145. The quantitative estimate of drug-likeness (QED) is 0.616. The van der Waals surface area contributed by atoms with Gasteiger partial charge >= 0.3 is 11.9 Å². The average molecular weight is 266 g/mol. The number of allylic oxidation sites excluding steroid dienone is 4. The Bertz CT molecular complexity index is 357. The summed E-state index contributed by atoms with van der Waals surface area (Å²) in [6, 6.07) is 0. The molecular weight excluding hydrogens is 244 g/mol. The second kappa shape index (κ2) is 8.51. The second-order valence-electron chi connectivity index (χ2n) is 4.82. The van der Waals surface area contributed by atoms with E-state index < -0.39 is 5.97 Å². The summed E-state index contributed by atoms with van der Waals surface area (Å²) >= 11 is 0. The summed E-state index contributed by atoms with van der Waals surface area (Å²) in [5.74, 6) is -0.714. The zero-order chi connectivity index (χ0) is 14.1. The average Bonchev–Trinajstić information content (AvgIpc) is 2.49. The number of hydrogen-bond acceptors (Lipinski definition) is 3. The Labute approximate surface area is 114 Å². The minimum atomic E-state index is -0.653. The van der Waals surface area contributed by atoms with Crippen LogP contribution in [-0.2, 0) is 14.3 Å². The van der Waals surface area contributed by atoms with Gasteiger partial charge in [-0.1, -0.05) is 24.3 Å². The number of carbonyl (C=O) groups is 2. The molecule has 19 heavy (non-hydrogen) atoms. The molecule has 0 saturated heterocycles. The molecular formula is C15H22O4. The van der Waals surface area contributed by atoms with Gasteiger partial charge in [0, 0.05) is 0 Å². The third kappa shape index (κ3) is 5.73. The summed E-state index contributed by atoms with van der Waals surface area (Å²) in [5.41, 5.74) is 0. The topological polar surface area (TPSA) is 63.6 Å². The normalized spacial score (nSPS) is 25.1. The highest BCUT2D eigenvalue weighted by Gasteiger charge is 2.18. The van der Waals surface area contributed by atoms with Crippen molar-refractivity contribution in [3.8, 4) is 0 Å². The summed E-state index contributed by atoms with van der Waals surface area (Å²) in [4.78, 5) is 21.2. The van der Waals surface area contributed by atoms with Gasteiger partial charge in [0.25, 0.3) is 0 Å². The third-order valence-corrected chi connectivity index (χ3v) is 3.42. The van der Waals surface area contributed by atoms with Crippen LogP contribution in [0.5, 0.6) is 0 Å². The SMILES string of the molecule is COC(=O)[C@H]1CC=CCC1.O=C(O)[C@H]1CC=CCC1. The van der Waals surface area contributed by atoms with Crippen LogP contribution in [0.4, 0.5) is 0 Å². The van der Waals surface area contributed by atoms with Crippen molar-refractivity contribution in [1.29, 1.82) is 0 Å². The first-order valence-corrected chi connectivity index (χ1v) is 6.75. The van der Waals surface area contributed by atoms with Gasteiger partial charge in [-0.2, -0.15) is 0 Å². The minimum Gasteiger partial charge on any atom is -0.481 e. The molecule has 0 saturated carbocycles. The summed E-state index contributed by atoms with van der Waals surface area (Å²) in [6.45, 7) is 0. The molecule has 4 heteroatoms. The van der Waals surface area contributed by atoms with Gasteiger partial charge < -0.3 is 9.84 Å². The van der Waals surface area contributed by atoms with Crippen molar-refractivity contribution in [3.05, 3.63) is 24.3 Å². The van der Waals surface area contributed by atoms with Crippen LogP contribution >= 0.6 is 0 Å². The number of methoxy groups -OCH3 is 1. The Morgan fingerprint density at radius 2 is 1.53 bits per heavy atom. The highest BCUT2D eigenvalue weighted by molar-refractivity contribution is 5.72. The second-order valence-corrected chi connectivity index (χ2v) is 4.82. The van der Waals surface area contributed by atoms with Gasteiger partial charge in [-0.25, -0.2) is 0 Å². The molecule has 0 fully saturated rings. The van der Waals surface area contributed by atoms with Crippen LogP contribution in [0.25, 0.3) is 0 Å². The van der Waals surface area contributed by atoms with Gasteiger partial charge in [0.1, 0.15) is 0 Å². The van der Waals surface area contributed by atoms with Crippen molar-refractivity contribution >= 4 is 11.9 Å². The van der Waals surface area contributed by atoms with Crippen molar-refractivity contribution in [2.45, 2.75) is 38.5 Å². The third-order valence-electron chi connectivity index (χ3n) is 3.42. The van der Waals surface area contributed by atoms with Gasteiger partial charge in [-0.3, -0.25) is 9.59 Å². The standard InChI is InChI=1S/C8H12O2.C7H10O2/c1-10-8(9)7-5-3-2-4-6-7;8-7(9)6-4-2-1-3-5-6/h2-3,7H,4-6H2,1H3;1-2,6H,3-5H2,(H,8,9)/t7-;6-/m00/s1. The number of carboxylic acids is 1. The maximum atomic E-state index is 10.9.